The standard InChI is InChI=1S/C18H18ClN3O3S/c1-22(18-15-7-2-3-8-16(15)26(24,25)21-18)12-17(23)20-10-9-13-5-4-6-14(19)11-13/h2-8,11H,9-10,12H2,1H3,(H,20,23). The fraction of sp³-hybridized carbons (Fsp3) is 0.222. The fourth-order valence-corrected chi connectivity index (χ4v) is 4.21. The van der Waals surface area contributed by atoms with Crippen molar-refractivity contribution in [3.05, 3.63) is 64.7 Å². The van der Waals surface area contributed by atoms with Crippen LogP contribution in [0.15, 0.2) is 57.8 Å². The zero-order chi connectivity index (χ0) is 18.7. The summed E-state index contributed by atoms with van der Waals surface area (Å²) in [6, 6.07) is 14.1. The number of amidine groups is 1. The minimum Gasteiger partial charge on any atom is -0.354 e. The smallest absolute Gasteiger partial charge is 0.285 e. The van der Waals surface area contributed by atoms with E-state index in [1.807, 2.05) is 18.2 Å². The molecule has 1 heterocycles. The Kier molecular flexibility index (Phi) is 5.29. The highest BCUT2D eigenvalue weighted by Gasteiger charge is 2.30. The molecule has 0 bridgehead atoms. The lowest BCUT2D eigenvalue weighted by molar-refractivity contribution is -0.121. The predicted molar refractivity (Wildman–Crippen MR) is 101 cm³/mol. The van der Waals surface area contributed by atoms with Crippen molar-refractivity contribution in [3.63, 3.8) is 0 Å². The van der Waals surface area contributed by atoms with Gasteiger partial charge in [0.05, 0.1) is 6.54 Å². The Morgan fingerprint density at radius 3 is 2.73 bits per heavy atom. The molecule has 0 unspecified atom stereocenters. The van der Waals surface area contributed by atoms with Gasteiger partial charge in [0.2, 0.25) is 5.91 Å². The van der Waals surface area contributed by atoms with E-state index in [1.165, 1.54) is 11.0 Å². The molecule has 1 aliphatic rings. The molecule has 8 heteroatoms. The van der Waals surface area contributed by atoms with E-state index >= 15 is 0 Å². The van der Waals surface area contributed by atoms with Crippen LogP contribution in [-0.4, -0.2) is 45.2 Å². The summed E-state index contributed by atoms with van der Waals surface area (Å²) >= 11 is 5.94. The van der Waals surface area contributed by atoms with Crippen LogP contribution in [0, 0.1) is 0 Å². The molecular weight excluding hydrogens is 374 g/mol. The summed E-state index contributed by atoms with van der Waals surface area (Å²) in [6.45, 7) is 0.479. The van der Waals surface area contributed by atoms with Gasteiger partial charge >= 0.3 is 0 Å². The highest BCUT2D eigenvalue weighted by molar-refractivity contribution is 7.90. The molecule has 0 aromatic heterocycles. The van der Waals surface area contributed by atoms with Crippen molar-refractivity contribution >= 4 is 33.4 Å². The lowest BCUT2D eigenvalue weighted by Crippen LogP contribution is -2.39. The molecule has 1 N–H and O–H groups in total. The number of nitrogens with zero attached hydrogens (tertiary/aromatic N) is 2. The van der Waals surface area contributed by atoms with Crippen LogP contribution in [0.25, 0.3) is 0 Å². The summed E-state index contributed by atoms with van der Waals surface area (Å²) in [5.41, 5.74) is 1.55. The zero-order valence-corrected chi connectivity index (χ0v) is 15.7. The summed E-state index contributed by atoms with van der Waals surface area (Å²) in [5, 5.41) is 3.48. The van der Waals surface area contributed by atoms with E-state index in [0.717, 1.165) is 5.56 Å². The first-order chi connectivity index (χ1) is 12.4. The van der Waals surface area contributed by atoms with Crippen LogP contribution in [-0.2, 0) is 21.2 Å². The molecule has 0 saturated heterocycles. The largest absolute Gasteiger partial charge is 0.354 e. The van der Waals surface area contributed by atoms with E-state index in [1.54, 1.807) is 31.3 Å². The second kappa shape index (κ2) is 7.47. The van der Waals surface area contributed by atoms with Crippen molar-refractivity contribution in [2.45, 2.75) is 11.3 Å². The zero-order valence-electron chi connectivity index (χ0n) is 14.1. The maximum atomic E-state index is 12.2. The van der Waals surface area contributed by atoms with Crippen LogP contribution in [0.3, 0.4) is 0 Å². The van der Waals surface area contributed by atoms with E-state index in [-0.39, 0.29) is 23.2 Å². The van der Waals surface area contributed by atoms with Gasteiger partial charge in [-0.05, 0) is 36.2 Å². The molecular formula is C18H18ClN3O3S. The molecule has 0 aliphatic carbocycles. The summed E-state index contributed by atoms with van der Waals surface area (Å²) in [5.74, 6) is 0.0737. The van der Waals surface area contributed by atoms with Gasteiger partial charge in [-0.1, -0.05) is 35.9 Å². The number of rotatable bonds is 5. The average Bonchev–Trinajstić information content (AvgIpc) is 2.87. The first-order valence-electron chi connectivity index (χ1n) is 8.03. The van der Waals surface area contributed by atoms with E-state index in [9.17, 15) is 13.2 Å². The maximum Gasteiger partial charge on any atom is 0.285 e. The molecule has 1 amide bonds. The minimum atomic E-state index is -3.69. The van der Waals surface area contributed by atoms with Crippen LogP contribution >= 0.6 is 11.6 Å². The van der Waals surface area contributed by atoms with Gasteiger partial charge in [-0.25, -0.2) is 0 Å². The van der Waals surface area contributed by atoms with Gasteiger partial charge in [-0.2, -0.15) is 8.42 Å². The second-order valence-corrected chi connectivity index (χ2v) is 7.98. The van der Waals surface area contributed by atoms with Crippen LogP contribution in [0.2, 0.25) is 5.02 Å². The fourth-order valence-electron chi connectivity index (χ4n) is 2.75. The van der Waals surface area contributed by atoms with Crippen LogP contribution < -0.4 is 5.32 Å². The topological polar surface area (TPSA) is 78.8 Å². The molecule has 2 aromatic carbocycles. The minimum absolute atomic E-state index is 0.0121. The molecule has 26 heavy (non-hydrogen) atoms. The molecule has 0 fully saturated rings. The second-order valence-electron chi connectivity index (χ2n) is 5.97. The van der Waals surface area contributed by atoms with Crippen molar-refractivity contribution < 1.29 is 13.2 Å². The number of nitrogens with one attached hydrogen (secondary N) is 1. The van der Waals surface area contributed by atoms with Crippen molar-refractivity contribution in [2.75, 3.05) is 20.1 Å². The Morgan fingerprint density at radius 2 is 1.96 bits per heavy atom. The number of likely N-dealkylation sites (N-methyl/N-ethyl adjacent to an activating group) is 1. The number of carbonyl (C=O) groups is 1. The van der Waals surface area contributed by atoms with Gasteiger partial charge < -0.3 is 10.2 Å². The monoisotopic (exact) mass is 391 g/mol. The van der Waals surface area contributed by atoms with Crippen molar-refractivity contribution in [2.24, 2.45) is 4.40 Å². The number of hydrogen-bond donors (Lipinski definition) is 1. The quantitative estimate of drug-likeness (QED) is 0.846. The third kappa shape index (κ3) is 4.05. The first-order valence-corrected chi connectivity index (χ1v) is 9.85. The summed E-state index contributed by atoms with van der Waals surface area (Å²) in [7, 11) is -2.04. The van der Waals surface area contributed by atoms with E-state index < -0.39 is 10.0 Å². The van der Waals surface area contributed by atoms with Gasteiger partial charge in [0.15, 0.2) is 5.84 Å². The predicted octanol–water partition coefficient (Wildman–Crippen LogP) is 2.08. The lowest BCUT2D eigenvalue weighted by Gasteiger charge is -2.18. The highest BCUT2D eigenvalue weighted by atomic mass is 35.5. The van der Waals surface area contributed by atoms with Gasteiger partial charge in [-0.3, -0.25) is 4.79 Å². The molecule has 3 rings (SSSR count). The van der Waals surface area contributed by atoms with Crippen molar-refractivity contribution in [3.8, 4) is 0 Å². The Morgan fingerprint density at radius 1 is 1.19 bits per heavy atom. The van der Waals surface area contributed by atoms with Crippen molar-refractivity contribution in [1.29, 1.82) is 0 Å². The molecule has 6 nitrogen and oxygen atoms in total. The highest BCUT2D eigenvalue weighted by Crippen LogP contribution is 2.26. The summed E-state index contributed by atoms with van der Waals surface area (Å²) < 4.78 is 28.0. The molecule has 1 aliphatic heterocycles. The Hall–Kier alpha value is -2.38. The summed E-state index contributed by atoms with van der Waals surface area (Å²) in [4.78, 5) is 13.9. The number of benzene rings is 2. The first kappa shape index (κ1) is 18.4. The Bertz CT molecular complexity index is 973. The molecule has 0 radical (unpaired) electrons. The summed E-state index contributed by atoms with van der Waals surface area (Å²) in [6.07, 6.45) is 0.661. The van der Waals surface area contributed by atoms with Gasteiger partial charge in [0.25, 0.3) is 10.0 Å². The third-order valence-corrected chi connectivity index (χ3v) is 5.54. The number of hydrogen-bond acceptors (Lipinski definition) is 4. The Balaban J connectivity index is 1.58. The van der Waals surface area contributed by atoms with Gasteiger partial charge in [0.1, 0.15) is 4.90 Å². The van der Waals surface area contributed by atoms with E-state index in [2.05, 4.69) is 9.71 Å². The van der Waals surface area contributed by atoms with Crippen molar-refractivity contribution in [1.82, 2.24) is 10.2 Å². The number of sulfonamides is 1. The van der Waals surface area contributed by atoms with Gasteiger partial charge in [0, 0.05) is 24.2 Å². The molecule has 0 saturated carbocycles. The number of fused-ring (bicyclic) bond motifs is 1. The SMILES string of the molecule is CN(CC(=O)NCCc1cccc(Cl)c1)C1=NS(=O)(=O)c2ccccc21. The molecule has 0 atom stereocenters. The molecule has 0 spiro atoms. The van der Waals surface area contributed by atoms with Crippen LogP contribution in [0.5, 0.6) is 0 Å². The number of halogens is 1. The van der Waals surface area contributed by atoms with E-state index in [4.69, 9.17) is 11.6 Å². The van der Waals surface area contributed by atoms with Gasteiger partial charge in [-0.15, -0.1) is 4.40 Å². The third-order valence-electron chi connectivity index (χ3n) is 3.98. The normalized spacial score (nSPS) is 14.5. The number of amides is 1. The Labute approximate surface area is 157 Å². The maximum absolute atomic E-state index is 12.2. The average molecular weight is 392 g/mol. The van der Waals surface area contributed by atoms with Crippen LogP contribution in [0.4, 0.5) is 0 Å². The molecule has 136 valence electrons. The number of carbonyl (C=O) groups excluding carboxylic acids is 1. The van der Waals surface area contributed by atoms with E-state index in [0.29, 0.717) is 23.6 Å². The van der Waals surface area contributed by atoms with Crippen LogP contribution in [0.1, 0.15) is 11.1 Å². The molecule has 2 aromatic rings. The lowest BCUT2D eigenvalue weighted by atomic mass is 10.1.